The topological polar surface area (TPSA) is 19.4 Å². The van der Waals surface area contributed by atoms with Crippen LogP contribution in [0.25, 0.3) is 0 Å². The number of rotatable bonds is 3. The lowest BCUT2D eigenvalue weighted by molar-refractivity contribution is 0.220. The predicted molar refractivity (Wildman–Crippen MR) is 80.5 cm³/mol. The first-order valence-corrected chi connectivity index (χ1v) is 7.55. The molecular weight excluding hydrogens is 314 g/mol. The average molecular weight is 333 g/mol. The molecule has 0 bridgehead atoms. The van der Waals surface area contributed by atoms with Crippen LogP contribution in [0.5, 0.6) is 0 Å². The molecule has 0 saturated carbocycles. The SMILES string of the molecule is CCN1CCC(N(C)c2ncc(Br)cc2Cl)CC1. The van der Waals surface area contributed by atoms with Crippen molar-refractivity contribution in [2.75, 3.05) is 31.6 Å². The van der Waals surface area contributed by atoms with Gasteiger partial charge in [0.05, 0.1) is 5.02 Å². The number of hydrogen-bond acceptors (Lipinski definition) is 3. The van der Waals surface area contributed by atoms with Crippen LogP contribution in [0.4, 0.5) is 5.82 Å². The molecule has 1 aromatic rings. The van der Waals surface area contributed by atoms with E-state index in [0.717, 1.165) is 16.8 Å². The van der Waals surface area contributed by atoms with Crippen molar-refractivity contribution in [1.29, 1.82) is 0 Å². The summed E-state index contributed by atoms with van der Waals surface area (Å²) < 4.78 is 0.922. The number of piperidine rings is 1. The van der Waals surface area contributed by atoms with Crippen LogP contribution in [0, 0.1) is 0 Å². The maximum atomic E-state index is 6.25. The van der Waals surface area contributed by atoms with E-state index >= 15 is 0 Å². The molecule has 100 valence electrons. The molecule has 2 rings (SSSR count). The molecule has 1 aliphatic heterocycles. The molecule has 2 heterocycles. The van der Waals surface area contributed by atoms with E-state index in [4.69, 9.17) is 11.6 Å². The molecule has 0 unspecified atom stereocenters. The Labute approximate surface area is 122 Å². The largest absolute Gasteiger partial charge is 0.355 e. The van der Waals surface area contributed by atoms with Crippen LogP contribution in [-0.4, -0.2) is 42.6 Å². The van der Waals surface area contributed by atoms with Gasteiger partial charge in [-0.25, -0.2) is 4.98 Å². The van der Waals surface area contributed by atoms with Gasteiger partial charge in [0.1, 0.15) is 5.82 Å². The van der Waals surface area contributed by atoms with Crippen LogP contribution >= 0.6 is 27.5 Å². The number of likely N-dealkylation sites (tertiary alicyclic amines) is 1. The molecule has 0 aliphatic carbocycles. The molecule has 0 amide bonds. The molecule has 3 nitrogen and oxygen atoms in total. The second kappa shape index (κ2) is 6.22. The zero-order valence-electron chi connectivity index (χ0n) is 10.9. The molecule has 1 saturated heterocycles. The van der Waals surface area contributed by atoms with Crippen molar-refractivity contribution >= 4 is 33.3 Å². The fourth-order valence-corrected chi connectivity index (χ4v) is 3.23. The molecule has 1 aromatic heterocycles. The molecule has 18 heavy (non-hydrogen) atoms. The Morgan fingerprint density at radius 1 is 1.50 bits per heavy atom. The Kier molecular flexibility index (Phi) is 4.87. The van der Waals surface area contributed by atoms with Crippen molar-refractivity contribution in [2.24, 2.45) is 0 Å². The number of halogens is 2. The van der Waals surface area contributed by atoms with E-state index in [9.17, 15) is 0 Å². The Morgan fingerprint density at radius 3 is 2.72 bits per heavy atom. The minimum Gasteiger partial charge on any atom is -0.355 e. The fraction of sp³-hybridized carbons (Fsp3) is 0.615. The first-order chi connectivity index (χ1) is 8.61. The summed E-state index contributed by atoms with van der Waals surface area (Å²) in [7, 11) is 2.09. The highest BCUT2D eigenvalue weighted by Gasteiger charge is 2.23. The van der Waals surface area contributed by atoms with Crippen LogP contribution < -0.4 is 4.90 Å². The Balaban J connectivity index is 2.05. The van der Waals surface area contributed by atoms with E-state index in [1.54, 1.807) is 6.20 Å². The third kappa shape index (κ3) is 3.16. The van der Waals surface area contributed by atoms with Crippen molar-refractivity contribution in [3.63, 3.8) is 0 Å². The highest BCUT2D eigenvalue weighted by atomic mass is 79.9. The minimum atomic E-state index is 0.541. The van der Waals surface area contributed by atoms with Gasteiger partial charge in [-0.3, -0.25) is 0 Å². The summed E-state index contributed by atoms with van der Waals surface area (Å²) in [6, 6.07) is 2.45. The van der Waals surface area contributed by atoms with Gasteiger partial charge in [0.15, 0.2) is 0 Å². The third-order valence-electron chi connectivity index (χ3n) is 3.67. The van der Waals surface area contributed by atoms with E-state index in [1.165, 1.54) is 25.9 Å². The lowest BCUT2D eigenvalue weighted by atomic mass is 10.0. The molecule has 5 heteroatoms. The standard InChI is InChI=1S/C13H19BrClN3/c1-3-18-6-4-11(5-7-18)17(2)13-12(15)8-10(14)9-16-13/h8-9,11H,3-7H2,1-2H3. The quantitative estimate of drug-likeness (QED) is 0.845. The summed E-state index contributed by atoms with van der Waals surface area (Å²) >= 11 is 9.64. The highest BCUT2D eigenvalue weighted by Crippen LogP contribution is 2.28. The van der Waals surface area contributed by atoms with Crippen LogP contribution in [0.3, 0.4) is 0 Å². The predicted octanol–water partition coefficient (Wildman–Crippen LogP) is 3.42. The molecule has 0 aromatic carbocycles. The lowest BCUT2D eigenvalue weighted by Gasteiger charge is -2.37. The summed E-state index contributed by atoms with van der Waals surface area (Å²) in [5.74, 6) is 0.884. The number of hydrogen-bond donors (Lipinski definition) is 0. The van der Waals surface area contributed by atoms with Crippen molar-refractivity contribution < 1.29 is 0 Å². The van der Waals surface area contributed by atoms with Crippen molar-refractivity contribution in [3.8, 4) is 0 Å². The molecule has 0 radical (unpaired) electrons. The summed E-state index contributed by atoms with van der Waals surface area (Å²) in [5.41, 5.74) is 0. The lowest BCUT2D eigenvalue weighted by Crippen LogP contribution is -2.43. The van der Waals surface area contributed by atoms with Crippen LogP contribution in [0.1, 0.15) is 19.8 Å². The number of pyridine rings is 1. The van der Waals surface area contributed by atoms with E-state index < -0.39 is 0 Å². The van der Waals surface area contributed by atoms with E-state index in [2.05, 4.69) is 44.7 Å². The zero-order valence-corrected chi connectivity index (χ0v) is 13.2. The summed E-state index contributed by atoms with van der Waals surface area (Å²) in [6.07, 6.45) is 4.16. The second-order valence-corrected chi connectivity index (χ2v) is 6.06. The smallest absolute Gasteiger partial charge is 0.147 e. The van der Waals surface area contributed by atoms with Crippen molar-refractivity contribution in [2.45, 2.75) is 25.8 Å². The normalized spacial score (nSPS) is 18.0. The van der Waals surface area contributed by atoms with Gasteiger partial charge in [-0.2, -0.15) is 0 Å². The van der Waals surface area contributed by atoms with Crippen LogP contribution in [0.2, 0.25) is 5.02 Å². The molecule has 0 atom stereocenters. The molecule has 0 spiro atoms. The molecular formula is C13H19BrClN3. The second-order valence-electron chi connectivity index (χ2n) is 4.74. The van der Waals surface area contributed by atoms with Gasteiger partial charge in [-0.05, 0) is 41.4 Å². The van der Waals surface area contributed by atoms with Gasteiger partial charge in [0.25, 0.3) is 0 Å². The van der Waals surface area contributed by atoms with Gasteiger partial charge in [-0.1, -0.05) is 18.5 Å². The summed E-state index contributed by atoms with van der Waals surface area (Å²) in [5, 5.41) is 0.713. The van der Waals surface area contributed by atoms with Gasteiger partial charge in [-0.15, -0.1) is 0 Å². The first-order valence-electron chi connectivity index (χ1n) is 6.38. The first kappa shape index (κ1) is 14.1. The van der Waals surface area contributed by atoms with E-state index in [1.807, 2.05) is 6.07 Å². The van der Waals surface area contributed by atoms with Crippen LogP contribution in [-0.2, 0) is 0 Å². The van der Waals surface area contributed by atoms with Gasteiger partial charge < -0.3 is 9.80 Å². The third-order valence-corrected chi connectivity index (χ3v) is 4.39. The molecule has 1 fully saturated rings. The van der Waals surface area contributed by atoms with Crippen molar-refractivity contribution in [3.05, 3.63) is 21.8 Å². The van der Waals surface area contributed by atoms with Gasteiger partial charge in [0, 0.05) is 36.8 Å². The Bertz CT molecular complexity index is 405. The number of nitrogens with zero attached hydrogens (tertiary/aromatic N) is 3. The maximum Gasteiger partial charge on any atom is 0.147 e. The Hall–Kier alpha value is -0.320. The zero-order chi connectivity index (χ0) is 13.1. The minimum absolute atomic E-state index is 0.541. The maximum absolute atomic E-state index is 6.25. The molecule has 1 aliphatic rings. The summed E-state index contributed by atoms with van der Waals surface area (Å²) in [6.45, 7) is 5.70. The molecule has 0 N–H and O–H groups in total. The van der Waals surface area contributed by atoms with Crippen LogP contribution in [0.15, 0.2) is 16.7 Å². The fourth-order valence-electron chi connectivity index (χ4n) is 2.46. The van der Waals surface area contributed by atoms with E-state index in [0.29, 0.717) is 11.1 Å². The average Bonchev–Trinajstić information content (AvgIpc) is 2.38. The number of anilines is 1. The van der Waals surface area contributed by atoms with Gasteiger partial charge >= 0.3 is 0 Å². The van der Waals surface area contributed by atoms with Gasteiger partial charge in [0.2, 0.25) is 0 Å². The summed E-state index contributed by atoms with van der Waals surface area (Å²) in [4.78, 5) is 9.14. The number of aromatic nitrogens is 1. The monoisotopic (exact) mass is 331 g/mol. The van der Waals surface area contributed by atoms with Crippen molar-refractivity contribution in [1.82, 2.24) is 9.88 Å². The Morgan fingerprint density at radius 2 is 2.17 bits per heavy atom. The van der Waals surface area contributed by atoms with E-state index in [-0.39, 0.29) is 0 Å². The highest BCUT2D eigenvalue weighted by molar-refractivity contribution is 9.10.